The van der Waals surface area contributed by atoms with Crippen LogP contribution >= 0.6 is 23.2 Å². The van der Waals surface area contributed by atoms with E-state index in [0.717, 1.165) is 5.56 Å². The topological polar surface area (TPSA) is 35.5 Å². The number of carbonyl (C=O) groups is 1. The van der Waals surface area contributed by atoms with Crippen molar-refractivity contribution in [3.63, 3.8) is 0 Å². The number of Topliss-reactive ketones (excluding diaryl/α,β-unsaturated/α-hetero) is 1. The van der Waals surface area contributed by atoms with Gasteiger partial charge in [-0.2, -0.15) is 0 Å². The molecule has 0 aromatic heterocycles. The van der Waals surface area contributed by atoms with Crippen molar-refractivity contribution in [2.24, 2.45) is 0 Å². The Balaban J connectivity index is 1.53. The van der Waals surface area contributed by atoms with Gasteiger partial charge in [-0.3, -0.25) is 4.79 Å². The highest BCUT2D eigenvalue weighted by molar-refractivity contribution is 6.43. The summed E-state index contributed by atoms with van der Waals surface area (Å²) in [6.45, 7) is 2.48. The summed E-state index contributed by atoms with van der Waals surface area (Å²) in [6.07, 6.45) is 1.60. The summed E-state index contributed by atoms with van der Waals surface area (Å²) in [5.74, 6) is 1.11. The van der Waals surface area contributed by atoms with E-state index in [4.69, 9.17) is 32.7 Å². The van der Waals surface area contributed by atoms with Crippen LogP contribution in [0.5, 0.6) is 11.5 Å². The molecule has 0 aliphatic carbocycles. The standard InChI is InChI=1S/C23H16Cl2O3/c1-14-5-7-15(8-6-14)13-27-17-9-10-18-20(12-17)28-21(23(18)26)11-16-3-2-4-19(24)22(16)25/h2-12H,13H2,1H3/b21-11-. The SMILES string of the molecule is Cc1ccc(COc2ccc3c(c2)O/C(=C\c2cccc(Cl)c2Cl)C3=O)cc1. The Morgan fingerprint density at radius 2 is 1.82 bits per heavy atom. The van der Waals surface area contributed by atoms with Gasteiger partial charge in [-0.15, -0.1) is 0 Å². The van der Waals surface area contributed by atoms with E-state index in [2.05, 4.69) is 0 Å². The number of rotatable bonds is 4. The highest BCUT2D eigenvalue weighted by atomic mass is 35.5. The smallest absolute Gasteiger partial charge is 0.231 e. The third-order valence-corrected chi connectivity index (χ3v) is 5.27. The Morgan fingerprint density at radius 3 is 2.61 bits per heavy atom. The van der Waals surface area contributed by atoms with Gasteiger partial charge in [0, 0.05) is 6.07 Å². The minimum absolute atomic E-state index is 0.198. The maximum absolute atomic E-state index is 12.6. The number of aryl methyl sites for hydroxylation is 1. The molecule has 0 N–H and O–H groups in total. The zero-order chi connectivity index (χ0) is 19.7. The molecule has 3 nitrogen and oxygen atoms in total. The summed E-state index contributed by atoms with van der Waals surface area (Å²) in [4.78, 5) is 12.6. The van der Waals surface area contributed by atoms with Crippen molar-refractivity contribution in [1.82, 2.24) is 0 Å². The molecule has 0 unspecified atom stereocenters. The molecular formula is C23H16Cl2O3. The van der Waals surface area contributed by atoms with E-state index in [1.807, 2.05) is 31.2 Å². The Labute approximate surface area is 173 Å². The molecule has 0 saturated heterocycles. The number of ether oxygens (including phenoxy) is 2. The van der Waals surface area contributed by atoms with Gasteiger partial charge in [0.15, 0.2) is 5.76 Å². The average Bonchev–Trinajstić information content (AvgIpc) is 3.00. The first-order valence-electron chi connectivity index (χ1n) is 8.72. The van der Waals surface area contributed by atoms with Crippen molar-refractivity contribution in [2.75, 3.05) is 0 Å². The second kappa shape index (κ2) is 7.70. The van der Waals surface area contributed by atoms with E-state index in [1.165, 1.54) is 5.56 Å². The summed E-state index contributed by atoms with van der Waals surface area (Å²) >= 11 is 12.2. The molecule has 0 saturated carbocycles. The summed E-state index contributed by atoms with van der Waals surface area (Å²) in [5.41, 5.74) is 3.39. The molecule has 5 heteroatoms. The third-order valence-electron chi connectivity index (χ3n) is 4.44. The van der Waals surface area contributed by atoms with Crippen molar-refractivity contribution >= 4 is 35.1 Å². The van der Waals surface area contributed by atoms with Gasteiger partial charge in [-0.05, 0) is 42.3 Å². The summed E-state index contributed by atoms with van der Waals surface area (Å²) < 4.78 is 11.6. The molecule has 3 aromatic rings. The fourth-order valence-corrected chi connectivity index (χ4v) is 3.24. The first-order valence-corrected chi connectivity index (χ1v) is 9.47. The number of hydrogen-bond donors (Lipinski definition) is 0. The van der Waals surface area contributed by atoms with Gasteiger partial charge in [0.2, 0.25) is 5.78 Å². The van der Waals surface area contributed by atoms with Gasteiger partial charge in [0.25, 0.3) is 0 Å². The van der Waals surface area contributed by atoms with Gasteiger partial charge in [-0.25, -0.2) is 0 Å². The van der Waals surface area contributed by atoms with Gasteiger partial charge < -0.3 is 9.47 Å². The summed E-state index contributed by atoms with van der Waals surface area (Å²) in [7, 11) is 0. The normalized spacial score (nSPS) is 14.1. The summed E-state index contributed by atoms with van der Waals surface area (Å²) in [5, 5.41) is 0.803. The van der Waals surface area contributed by atoms with Gasteiger partial charge >= 0.3 is 0 Å². The number of carbonyl (C=O) groups excluding carboxylic acids is 1. The maximum atomic E-state index is 12.6. The molecular weight excluding hydrogens is 395 g/mol. The van der Waals surface area contributed by atoms with Crippen LogP contribution in [-0.2, 0) is 6.61 Å². The van der Waals surface area contributed by atoms with Crippen molar-refractivity contribution in [3.8, 4) is 11.5 Å². The number of fused-ring (bicyclic) bond motifs is 1. The Morgan fingerprint density at radius 1 is 1.04 bits per heavy atom. The zero-order valence-corrected chi connectivity index (χ0v) is 16.6. The fourth-order valence-electron chi connectivity index (χ4n) is 2.88. The van der Waals surface area contributed by atoms with E-state index < -0.39 is 0 Å². The lowest BCUT2D eigenvalue weighted by Gasteiger charge is -2.07. The number of halogens is 2. The molecule has 0 fully saturated rings. The predicted molar refractivity (Wildman–Crippen MR) is 111 cm³/mol. The van der Waals surface area contributed by atoms with Crippen LogP contribution in [0.4, 0.5) is 0 Å². The van der Waals surface area contributed by atoms with Crippen LogP contribution in [-0.4, -0.2) is 5.78 Å². The van der Waals surface area contributed by atoms with Gasteiger partial charge in [-0.1, -0.05) is 65.2 Å². The molecule has 1 heterocycles. The van der Waals surface area contributed by atoms with Crippen LogP contribution < -0.4 is 9.47 Å². The lowest BCUT2D eigenvalue weighted by Crippen LogP contribution is -1.98. The zero-order valence-electron chi connectivity index (χ0n) is 15.0. The first-order chi connectivity index (χ1) is 13.5. The lowest BCUT2D eigenvalue weighted by atomic mass is 10.1. The molecule has 28 heavy (non-hydrogen) atoms. The lowest BCUT2D eigenvalue weighted by molar-refractivity contribution is 0.101. The number of hydrogen-bond acceptors (Lipinski definition) is 3. The van der Waals surface area contributed by atoms with Gasteiger partial charge in [0.1, 0.15) is 18.1 Å². The van der Waals surface area contributed by atoms with Gasteiger partial charge in [0.05, 0.1) is 15.6 Å². The maximum Gasteiger partial charge on any atom is 0.231 e. The number of allylic oxidation sites excluding steroid dienone is 1. The van der Waals surface area contributed by atoms with Crippen LogP contribution in [0.1, 0.15) is 27.0 Å². The van der Waals surface area contributed by atoms with Crippen LogP contribution in [0.25, 0.3) is 6.08 Å². The molecule has 0 bridgehead atoms. The van der Waals surface area contributed by atoms with E-state index in [9.17, 15) is 4.79 Å². The second-order valence-electron chi connectivity index (χ2n) is 6.52. The Bertz CT molecular complexity index is 1090. The first kappa shape index (κ1) is 18.6. The highest BCUT2D eigenvalue weighted by Crippen LogP contribution is 2.36. The number of ketones is 1. The van der Waals surface area contributed by atoms with Crippen LogP contribution in [0.3, 0.4) is 0 Å². The third kappa shape index (κ3) is 3.77. The fraction of sp³-hybridized carbons (Fsp3) is 0.0870. The van der Waals surface area contributed by atoms with Crippen molar-refractivity contribution in [2.45, 2.75) is 13.5 Å². The Kier molecular flexibility index (Phi) is 5.12. The highest BCUT2D eigenvalue weighted by Gasteiger charge is 2.28. The van der Waals surface area contributed by atoms with Crippen molar-refractivity contribution in [3.05, 3.63) is 98.7 Å². The molecule has 0 atom stereocenters. The predicted octanol–water partition coefficient (Wildman–Crippen LogP) is 6.50. The molecule has 1 aliphatic rings. The molecule has 140 valence electrons. The minimum atomic E-state index is -0.198. The van der Waals surface area contributed by atoms with E-state index in [-0.39, 0.29) is 11.5 Å². The molecule has 0 amide bonds. The van der Waals surface area contributed by atoms with Crippen LogP contribution in [0.2, 0.25) is 10.0 Å². The molecule has 3 aromatic carbocycles. The van der Waals surface area contributed by atoms with Crippen LogP contribution in [0, 0.1) is 6.92 Å². The van der Waals surface area contributed by atoms with Crippen molar-refractivity contribution in [1.29, 1.82) is 0 Å². The quantitative estimate of drug-likeness (QED) is 0.460. The van der Waals surface area contributed by atoms with E-state index >= 15 is 0 Å². The van der Waals surface area contributed by atoms with E-state index in [1.54, 1.807) is 42.5 Å². The minimum Gasteiger partial charge on any atom is -0.489 e. The Hall–Kier alpha value is -2.75. The molecule has 0 spiro atoms. The van der Waals surface area contributed by atoms with Crippen LogP contribution in [0.15, 0.2) is 66.4 Å². The molecule has 0 radical (unpaired) electrons. The molecule has 1 aliphatic heterocycles. The monoisotopic (exact) mass is 410 g/mol. The summed E-state index contributed by atoms with van der Waals surface area (Å²) in [6, 6.07) is 18.6. The molecule has 4 rings (SSSR count). The average molecular weight is 411 g/mol. The number of benzene rings is 3. The van der Waals surface area contributed by atoms with E-state index in [0.29, 0.717) is 39.3 Å². The van der Waals surface area contributed by atoms with Crippen molar-refractivity contribution < 1.29 is 14.3 Å². The largest absolute Gasteiger partial charge is 0.489 e. The second-order valence-corrected chi connectivity index (χ2v) is 7.30.